The maximum atomic E-state index is 12.9. The van der Waals surface area contributed by atoms with E-state index in [9.17, 15) is 4.39 Å². The van der Waals surface area contributed by atoms with Crippen LogP contribution in [-0.4, -0.2) is 0 Å². The second-order valence-corrected chi connectivity index (χ2v) is 4.40. The Labute approximate surface area is 104 Å². The predicted octanol–water partition coefficient (Wildman–Crippen LogP) is 3.62. The maximum absolute atomic E-state index is 12.9. The summed E-state index contributed by atoms with van der Waals surface area (Å²) in [6.45, 7) is 1.86. The quantitative estimate of drug-likeness (QED) is 0.907. The number of hydrogen-bond donors (Lipinski definition) is 1. The van der Waals surface area contributed by atoms with Gasteiger partial charge in [0, 0.05) is 5.02 Å². The molecule has 90 valence electrons. The van der Waals surface area contributed by atoms with Crippen LogP contribution in [-0.2, 0) is 6.42 Å². The molecule has 0 amide bonds. The van der Waals surface area contributed by atoms with Gasteiger partial charge in [-0.15, -0.1) is 0 Å². The van der Waals surface area contributed by atoms with Crippen molar-refractivity contribution in [3.05, 3.63) is 58.3 Å². The Morgan fingerprint density at radius 3 is 2.71 bits per heavy atom. The number of nitrogens with two attached hydrogens (primary N) is 1. The summed E-state index contributed by atoms with van der Waals surface area (Å²) in [6, 6.07) is 7.75. The van der Waals surface area contributed by atoms with Crippen molar-refractivity contribution in [2.75, 3.05) is 0 Å². The lowest BCUT2D eigenvalue weighted by atomic mass is 10.0. The van der Waals surface area contributed by atoms with Gasteiger partial charge in [0.2, 0.25) is 0 Å². The average molecular weight is 254 g/mol. The van der Waals surface area contributed by atoms with Gasteiger partial charge in [-0.1, -0.05) is 17.7 Å². The molecule has 2 N–H and O–H groups in total. The Morgan fingerprint density at radius 1 is 1.35 bits per heavy atom. The van der Waals surface area contributed by atoms with Crippen LogP contribution in [0.5, 0.6) is 0 Å². The van der Waals surface area contributed by atoms with Crippen molar-refractivity contribution < 1.29 is 8.81 Å². The van der Waals surface area contributed by atoms with E-state index in [1.807, 2.05) is 19.1 Å². The first-order valence-electron chi connectivity index (χ1n) is 5.32. The van der Waals surface area contributed by atoms with Gasteiger partial charge >= 0.3 is 0 Å². The van der Waals surface area contributed by atoms with Crippen LogP contribution < -0.4 is 5.73 Å². The van der Waals surface area contributed by atoms with E-state index in [2.05, 4.69) is 0 Å². The molecule has 0 bridgehead atoms. The first-order chi connectivity index (χ1) is 8.06. The van der Waals surface area contributed by atoms with Crippen molar-refractivity contribution in [1.82, 2.24) is 0 Å². The molecule has 0 aliphatic rings. The third kappa shape index (κ3) is 2.87. The number of furan rings is 1. The van der Waals surface area contributed by atoms with Gasteiger partial charge in [0.25, 0.3) is 0 Å². The third-order valence-corrected chi connectivity index (χ3v) is 2.93. The zero-order valence-electron chi connectivity index (χ0n) is 9.41. The molecule has 1 aromatic heterocycles. The Kier molecular flexibility index (Phi) is 3.50. The van der Waals surface area contributed by atoms with E-state index < -0.39 is 0 Å². The number of halogens is 2. The molecule has 0 saturated carbocycles. The summed E-state index contributed by atoms with van der Waals surface area (Å²) in [4.78, 5) is 0. The van der Waals surface area contributed by atoms with E-state index in [4.69, 9.17) is 21.8 Å². The lowest BCUT2D eigenvalue weighted by Gasteiger charge is -2.10. The van der Waals surface area contributed by atoms with E-state index >= 15 is 0 Å². The molecule has 0 spiro atoms. The molecule has 2 rings (SSSR count). The van der Waals surface area contributed by atoms with E-state index in [0.717, 1.165) is 11.3 Å². The van der Waals surface area contributed by atoms with Crippen molar-refractivity contribution in [3.8, 4) is 0 Å². The van der Waals surface area contributed by atoms with Crippen molar-refractivity contribution in [2.24, 2.45) is 5.73 Å². The van der Waals surface area contributed by atoms with Crippen molar-refractivity contribution in [1.29, 1.82) is 0 Å². The smallest absolute Gasteiger partial charge is 0.124 e. The Balaban J connectivity index is 2.15. The molecule has 1 atom stereocenters. The van der Waals surface area contributed by atoms with Gasteiger partial charge < -0.3 is 10.2 Å². The van der Waals surface area contributed by atoms with Crippen LogP contribution in [0.2, 0.25) is 5.02 Å². The largest absolute Gasteiger partial charge is 0.465 e. The van der Waals surface area contributed by atoms with Gasteiger partial charge in [0.1, 0.15) is 17.3 Å². The summed E-state index contributed by atoms with van der Waals surface area (Å²) >= 11 is 5.94. The van der Waals surface area contributed by atoms with E-state index in [1.165, 1.54) is 12.1 Å². The van der Waals surface area contributed by atoms with Gasteiger partial charge in [0.05, 0.1) is 6.04 Å². The van der Waals surface area contributed by atoms with Crippen molar-refractivity contribution in [2.45, 2.75) is 19.4 Å². The molecule has 2 nitrogen and oxygen atoms in total. The number of benzene rings is 1. The predicted molar refractivity (Wildman–Crippen MR) is 65.5 cm³/mol. The standard InChI is InChI=1S/C13H13ClFNO/c1-8-2-5-13(17-8)12(16)6-9-3-4-10(15)7-11(9)14/h2-5,7,12H,6,16H2,1H3. The fourth-order valence-corrected chi connectivity index (χ4v) is 1.92. The molecule has 0 radical (unpaired) electrons. The Morgan fingerprint density at radius 2 is 2.12 bits per heavy atom. The summed E-state index contributed by atoms with van der Waals surface area (Å²) < 4.78 is 18.3. The van der Waals surface area contributed by atoms with Gasteiger partial charge in [-0.3, -0.25) is 0 Å². The topological polar surface area (TPSA) is 39.2 Å². The normalized spacial score (nSPS) is 12.7. The van der Waals surface area contributed by atoms with Gasteiger partial charge in [-0.2, -0.15) is 0 Å². The fourth-order valence-electron chi connectivity index (χ4n) is 1.68. The lowest BCUT2D eigenvalue weighted by Crippen LogP contribution is -2.12. The zero-order valence-corrected chi connectivity index (χ0v) is 10.2. The molecule has 4 heteroatoms. The third-order valence-electron chi connectivity index (χ3n) is 2.58. The molecule has 17 heavy (non-hydrogen) atoms. The minimum atomic E-state index is -0.346. The van der Waals surface area contributed by atoms with Gasteiger partial charge in [-0.25, -0.2) is 4.39 Å². The second kappa shape index (κ2) is 4.90. The van der Waals surface area contributed by atoms with Gasteiger partial charge in [0.15, 0.2) is 0 Å². The molecule has 0 fully saturated rings. The van der Waals surface area contributed by atoms with Crippen LogP contribution in [0.4, 0.5) is 4.39 Å². The van der Waals surface area contributed by atoms with Crippen LogP contribution >= 0.6 is 11.6 Å². The van der Waals surface area contributed by atoms with E-state index in [0.29, 0.717) is 17.2 Å². The molecule has 0 aliphatic carbocycles. The highest BCUT2D eigenvalue weighted by Gasteiger charge is 2.13. The molecule has 1 heterocycles. The summed E-state index contributed by atoms with van der Waals surface area (Å²) in [5.74, 6) is 1.18. The van der Waals surface area contributed by atoms with E-state index in [1.54, 1.807) is 6.07 Å². The van der Waals surface area contributed by atoms with Crippen LogP contribution in [0.15, 0.2) is 34.7 Å². The summed E-state index contributed by atoms with van der Waals surface area (Å²) in [7, 11) is 0. The molecule has 2 aromatic rings. The SMILES string of the molecule is Cc1ccc(C(N)Cc2ccc(F)cc2Cl)o1. The van der Waals surface area contributed by atoms with Crippen molar-refractivity contribution >= 4 is 11.6 Å². The molecule has 1 unspecified atom stereocenters. The van der Waals surface area contributed by atoms with Gasteiger partial charge in [-0.05, 0) is 43.2 Å². The molecule has 0 saturated heterocycles. The minimum absolute atomic E-state index is 0.272. The number of rotatable bonds is 3. The highest BCUT2D eigenvalue weighted by Crippen LogP contribution is 2.23. The maximum Gasteiger partial charge on any atom is 0.124 e. The fraction of sp³-hybridized carbons (Fsp3) is 0.231. The monoisotopic (exact) mass is 253 g/mol. The summed E-state index contributed by atoms with van der Waals surface area (Å²) in [6.07, 6.45) is 0.520. The average Bonchev–Trinajstić information content (AvgIpc) is 2.69. The molecular formula is C13H13ClFNO. The highest BCUT2D eigenvalue weighted by molar-refractivity contribution is 6.31. The molecular weight excluding hydrogens is 241 g/mol. The van der Waals surface area contributed by atoms with Crippen LogP contribution in [0, 0.1) is 12.7 Å². The molecule has 0 aliphatic heterocycles. The first kappa shape index (κ1) is 12.1. The summed E-state index contributed by atoms with van der Waals surface area (Å²) in [5.41, 5.74) is 6.82. The Hall–Kier alpha value is -1.32. The van der Waals surface area contributed by atoms with E-state index in [-0.39, 0.29) is 11.9 Å². The second-order valence-electron chi connectivity index (χ2n) is 3.99. The Bertz CT molecular complexity index is 524. The summed E-state index contributed by atoms with van der Waals surface area (Å²) in [5, 5.41) is 0.392. The van der Waals surface area contributed by atoms with Crippen LogP contribution in [0.25, 0.3) is 0 Å². The van der Waals surface area contributed by atoms with Crippen molar-refractivity contribution in [3.63, 3.8) is 0 Å². The zero-order chi connectivity index (χ0) is 12.4. The highest BCUT2D eigenvalue weighted by atomic mass is 35.5. The number of hydrogen-bond acceptors (Lipinski definition) is 2. The first-order valence-corrected chi connectivity index (χ1v) is 5.70. The van der Waals surface area contributed by atoms with Crippen LogP contribution in [0.1, 0.15) is 23.1 Å². The van der Waals surface area contributed by atoms with Crippen LogP contribution in [0.3, 0.4) is 0 Å². The molecule has 1 aromatic carbocycles. The number of aryl methyl sites for hydroxylation is 1. The minimum Gasteiger partial charge on any atom is -0.465 e. The lowest BCUT2D eigenvalue weighted by molar-refractivity contribution is 0.445.